The van der Waals surface area contributed by atoms with Gasteiger partial charge in [-0.3, -0.25) is 4.98 Å². The van der Waals surface area contributed by atoms with E-state index in [0.717, 1.165) is 16.6 Å². The van der Waals surface area contributed by atoms with E-state index in [-0.39, 0.29) is 0 Å². The van der Waals surface area contributed by atoms with Gasteiger partial charge < -0.3 is 0 Å². The molecule has 0 saturated carbocycles. The van der Waals surface area contributed by atoms with Gasteiger partial charge in [0.1, 0.15) is 0 Å². The molecule has 1 heterocycles. The first-order chi connectivity index (χ1) is 5.36. The van der Waals surface area contributed by atoms with Gasteiger partial charge in [-0.05, 0) is 19.1 Å². The van der Waals surface area contributed by atoms with Crippen molar-refractivity contribution in [3.05, 3.63) is 42.1 Å². The Labute approximate surface area is 65.7 Å². The van der Waals surface area contributed by atoms with Gasteiger partial charge in [0.25, 0.3) is 0 Å². The highest BCUT2D eigenvalue weighted by Gasteiger charge is 1.91. The third-order valence-electron chi connectivity index (χ3n) is 1.66. The van der Waals surface area contributed by atoms with Gasteiger partial charge in [-0.25, -0.2) is 0 Å². The number of rotatable bonds is 0. The average molecular weight is 142 g/mol. The Morgan fingerprint density at radius 1 is 1.27 bits per heavy atom. The smallest absolute Gasteiger partial charge is 0.0705 e. The maximum atomic E-state index is 4.32. The molecule has 0 aliphatic carbocycles. The molecule has 1 heteroatoms. The van der Waals surface area contributed by atoms with Crippen LogP contribution in [0.25, 0.3) is 10.9 Å². The first-order valence-electron chi connectivity index (χ1n) is 3.60. The highest BCUT2D eigenvalue weighted by Crippen LogP contribution is 2.09. The van der Waals surface area contributed by atoms with Crippen LogP contribution >= 0.6 is 0 Å². The van der Waals surface area contributed by atoms with Crippen molar-refractivity contribution in [2.45, 2.75) is 6.92 Å². The van der Waals surface area contributed by atoms with Crippen molar-refractivity contribution in [2.75, 3.05) is 0 Å². The Kier molecular flexibility index (Phi) is 1.35. The standard InChI is InChI=1S/C10H8N/c1-8-6-7-9-4-2-3-5-10(9)11-8/h2-5,7H,1H3. The maximum absolute atomic E-state index is 4.32. The molecule has 1 radical (unpaired) electrons. The second-order valence-corrected chi connectivity index (χ2v) is 2.54. The van der Waals surface area contributed by atoms with Gasteiger partial charge in [0.05, 0.1) is 5.52 Å². The predicted molar refractivity (Wildman–Crippen MR) is 45.3 cm³/mol. The topological polar surface area (TPSA) is 12.9 Å². The fraction of sp³-hybridized carbons (Fsp3) is 0.100. The van der Waals surface area contributed by atoms with Gasteiger partial charge in [-0.15, -0.1) is 0 Å². The van der Waals surface area contributed by atoms with Gasteiger partial charge in [-0.2, -0.15) is 0 Å². The molecule has 11 heavy (non-hydrogen) atoms. The van der Waals surface area contributed by atoms with Gasteiger partial charge in [-0.1, -0.05) is 18.2 Å². The minimum absolute atomic E-state index is 0.948. The summed E-state index contributed by atoms with van der Waals surface area (Å²) in [5.41, 5.74) is 1.99. The summed E-state index contributed by atoms with van der Waals surface area (Å²) >= 11 is 0. The van der Waals surface area contributed by atoms with Crippen LogP contribution in [0.4, 0.5) is 0 Å². The highest BCUT2D eigenvalue weighted by atomic mass is 14.7. The Bertz CT molecular complexity index is 379. The van der Waals surface area contributed by atoms with Crippen LogP contribution in [0.5, 0.6) is 0 Å². The number of benzene rings is 1. The van der Waals surface area contributed by atoms with E-state index < -0.39 is 0 Å². The highest BCUT2D eigenvalue weighted by molar-refractivity contribution is 5.78. The number of aromatic nitrogens is 1. The first-order valence-corrected chi connectivity index (χ1v) is 3.60. The Hall–Kier alpha value is -1.37. The molecule has 2 aromatic rings. The Morgan fingerprint density at radius 3 is 3.00 bits per heavy atom. The Morgan fingerprint density at radius 2 is 2.09 bits per heavy atom. The molecule has 1 aromatic carbocycles. The molecule has 2 rings (SSSR count). The van der Waals surface area contributed by atoms with Crippen LogP contribution in [0.2, 0.25) is 0 Å². The van der Waals surface area contributed by atoms with Crippen molar-refractivity contribution in [3.8, 4) is 0 Å². The third-order valence-corrected chi connectivity index (χ3v) is 1.66. The molecule has 1 nitrogen and oxygen atoms in total. The van der Waals surface area contributed by atoms with E-state index in [0.29, 0.717) is 0 Å². The first kappa shape index (κ1) is 6.35. The number of nitrogens with zero attached hydrogens (tertiary/aromatic N) is 1. The molecule has 0 atom stereocenters. The fourth-order valence-corrected chi connectivity index (χ4v) is 1.11. The molecule has 0 aliphatic rings. The van der Waals surface area contributed by atoms with E-state index in [4.69, 9.17) is 0 Å². The summed E-state index contributed by atoms with van der Waals surface area (Å²) in [6, 6.07) is 13.1. The molecular formula is C10H8N. The molecule has 0 aliphatic heterocycles. The van der Waals surface area contributed by atoms with Crippen LogP contribution < -0.4 is 0 Å². The van der Waals surface area contributed by atoms with Crippen molar-refractivity contribution in [3.63, 3.8) is 0 Å². The zero-order valence-electron chi connectivity index (χ0n) is 6.33. The lowest BCUT2D eigenvalue weighted by atomic mass is 10.2. The van der Waals surface area contributed by atoms with Gasteiger partial charge in [0.15, 0.2) is 0 Å². The van der Waals surface area contributed by atoms with Crippen LogP contribution in [0.1, 0.15) is 5.69 Å². The molecule has 0 fully saturated rings. The van der Waals surface area contributed by atoms with Gasteiger partial charge >= 0.3 is 0 Å². The summed E-state index contributed by atoms with van der Waals surface area (Å²) in [5, 5.41) is 1.15. The zero-order valence-corrected chi connectivity index (χ0v) is 6.33. The monoisotopic (exact) mass is 142 g/mol. The van der Waals surface area contributed by atoms with Crippen LogP contribution in [0, 0.1) is 13.0 Å². The minimum Gasteiger partial charge on any atom is -0.252 e. The molecule has 1 aromatic heterocycles. The van der Waals surface area contributed by atoms with E-state index in [1.165, 1.54) is 0 Å². The van der Waals surface area contributed by atoms with E-state index in [9.17, 15) is 0 Å². The molecule has 0 N–H and O–H groups in total. The normalized spacial score (nSPS) is 10.3. The van der Waals surface area contributed by atoms with E-state index in [1.807, 2.05) is 37.3 Å². The van der Waals surface area contributed by atoms with Crippen LogP contribution in [-0.2, 0) is 0 Å². The van der Waals surface area contributed by atoms with E-state index in [1.54, 1.807) is 0 Å². The summed E-state index contributed by atoms with van der Waals surface area (Å²) < 4.78 is 0. The molecule has 0 saturated heterocycles. The molecule has 0 unspecified atom stereocenters. The van der Waals surface area contributed by atoms with Crippen molar-refractivity contribution in [1.29, 1.82) is 0 Å². The number of aryl methyl sites for hydroxylation is 1. The molecule has 53 valence electrons. The summed E-state index contributed by atoms with van der Waals surface area (Å²) in [7, 11) is 0. The average Bonchev–Trinajstić information content (AvgIpc) is 2.04. The second kappa shape index (κ2) is 2.35. The van der Waals surface area contributed by atoms with Crippen LogP contribution in [-0.4, -0.2) is 4.98 Å². The number of para-hydroxylation sites is 1. The summed E-state index contributed by atoms with van der Waals surface area (Å²) in [6.07, 6.45) is 0. The van der Waals surface area contributed by atoms with Crippen molar-refractivity contribution in [2.24, 2.45) is 0 Å². The number of pyridine rings is 1. The lowest BCUT2D eigenvalue weighted by Gasteiger charge is -1.95. The second-order valence-electron chi connectivity index (χ2n) is 2.54. The van der Waals surface area contributed by atoms with Gasteiger partial charge in [0.2, 0.25) is 0 Å². The molecule has 0 amide bonds. The quantitative estimate of drug-likeness (QED) is 0.550. The molecule has 0 spiro atoms. The summed E-state index contributed by atoms with van der Waals surface area (Å²) in [6.45, 7) is 1.95. The van der Waals surface area contributed by atoms with Crippen LogP contribution in [0.3, 0.4) is 0 Å². The summed E-state index contributed by atoms with van der Waals surface area (Å²) in [4.78, 5) is 4.32. The van der Waals surface area contributed by atoms with Crippen molar-refractivity contribution in [1.82, 2.24) is 4.98 Å². The van der Waals surface area contributed by atoms with Crippen molar-refractivity contribution >= 4 is 10.9 Å². The number of hydrogen-bond donors (Lipinski definition) is 0. The minimum atomic E-state index is 0.948. The van der Waals surface area contributed by atoms with Gasteiger partial charge in [0, 0.05) is 17.1 Å². The van der Waals surface area contributed by atoms with E-state index >= 15 is 0 Å². The Balaban J connectivity index is 2.83. The zero-order chi connectivity index (χ0) is 7.68. The molecular weight excluding hydrogens is 134 g/mol. The number of fused-ring (bicyclic) bond motifs is 1. The SMILES string of the molecule is Cc1[c]cc2ccccc2n1. The largest absolute Gasteiger partial charge is 0.252 e. The lowest BCUT2D eigenvalue weighted by molar-refractivity contribution is 1.25. The number of hydrogen-bond acceptors (Lipinski definition) is 1. The predicted octanol–water partition coefficient (Wildman–Crippen LogP) is 2.34. The molecule has 0 bridgehead atoms. The maximum Gasteiger partial charge on any atom is 0.0705 e. The van der Waals surface area contributed by atoms with E-state index in [2.05, 4.69) is 11.1 Å². The third kappa shape index (κ3) is 1.09. The lowest BCUT2D eigenvalue weighted by Crippen LogP contribution is -1.81. The van der Waals surface area contributed by atoms with Crippen LogP contribution in [0.15, 0.2) is 30.3 Å². The fourth-order valence-electron chi connectivity index (χ4n) is 1.11. The van der Waals surface area contributed by atoms with Crippen molar-refractivity contribution < 1.29 is 0 Å². The summed E-state index contributed by atoms with van der Waals surface area (Å²) in [5.74, 6) is 0.